The second kappa shape index (κ2) is 7.58. The van der Waals surface area contributed by atoms with Crippen LogP contribution in [0, 0.1) is 0 Å². The summed E-state index contributed by atoms with van der Waals surface area (Å²) in [6, 6.07) is 5.83. The average molecular weight is 311 g/mol. The fourth-order valence-corrected chi connectivity index (χ4v) is 2.07. The molecule has 0 fully saturated rings. The molecule has 1 rings (SSSR count). The van der Waals surface area contributed by atoms with E-state index < -0.39 is 28.3 Å². The molecular formula is C14H17NO5S. The van der Waals surface area contributed by atoms with Crippen LogP contribution in [0.3, 0.4) is 0 Å². The van der Waals surface area contributed by atoms with E-state index in [1.165, 1.54) is 24.3 Å². The van der Waals surface area contributed by atoms with Crippen LogP contribution in [0.5, 0.6) is 0 Å². The average Bonchev–Trinajstić information content (AvgIpc) is 2.42. The highest BCUT2D eigenvalue weighted by atomic mass is 32.2. The Kier molecular flexibility index (Phi) is 6.10. The summed E-state index contributed by atoms with van der Waals surface area (Å²) in [4.78, 5) is 22.9. The standard InChI is InChI=1S/C14H17NO5S/c1-3-4-8-14(17)20-10-13(16)15-11-6-5-7-12(9-11)21(2,18)19/h4-9H,3,10H2,1-2H3,(H,15,16)/b8-4+. The number of sulfone groups is 1. The van der Waals surface area contributed by atoms with Gasteiger partial charge >= 0.3 is 5.97 Å². The maximum atomic E-state index is 11.6. The van der Waals surface area contributed by atoms with E-state index in [0.717, 1.165) is 6.26 Å². The summed E-state index contributed by atoms with van der Waals surface area (Å²) in [5, 5.41) is 2.46. The second-order valence-corrected chi connectivity index (χ2v) is 6.28. The van der Waals surface area contributed by atoms with Gasteiger partial charge in [-0.3, -0.25) is 4.79 Å². The van der Waals surface area contributed by atoms with Gasteiger partial charge in [-0.15, -0.1) is 0 Å². The van der Waals surface area contributed by atoms with E-state index in [0.29, 0.717) is 12.1 Å². The summed E-state index contributed by atoms with van der Waals surface area (Å²) in [5.41, 5.74) is 0.322. The molecule has 1 aromatic carbocycles. The van der Waals surface area contributed by atoms with Gasteiger partial charge in [0.2, 0.25) is 0 Å². The van der Waals surface area contributed by atoms with Crippen molar-refractivity contribution in [2.75, 3.05) is 18.2 Å². The van der Waals surface area contributed by atoms with Crippen LogP contribution < -0.4 is 5.32 Å². The van der Waals surface area contributed by atoms with Crippen LogP contribution in [0.1, 0.15) is 13.3 Å². The molecule has 1 aromatic rings. The fourth-order valence-electron chi connectivity index (χ4n) is 1.40. The van der Waals surface area contributed by atoms with Crippen molar-refractivity contribution >= 4 is 27.4 Å². The molecule has 7 heteroatoms. The van der Waals surface area contributed by atoms with E-state index in [2.05, 4.69) is 5.32 Å². The van der Waals surface area contributed by atoms with Gasteiger partial charge < -0.3 is 10.1 Å². The van der Waals surface area contributed by atoms with Crippen molar-refractivity contribution in [1.29, 1.82) is 0 Å². The van der Waals surface area contributed by atoms with Crippen molar-refractivity contribution in [1.82, 2.24) is 0 Å². The van der Waals surface area contributed by atoms with Crippen LogP contribution in [-0.2, 0) is 24.2 Å². The summed E-state index contributed by atoms with van der Waals surface area (Å²) in [6.45, 7) is 1.43. The van der Waals surface area contributed by atoms with Gasteiger partial charge in [-0.2, -0.15) is 0 Å². The van der Waals surface area contributed by atoms with E-state index in [1.807, 2.05) is 6.92 Å². The van der Waals surface area contributed by atoms with E-state index >= 15 is 0 Å². The molecule has 0 saturated heterocycles. The van der Waals surface area contributed by atoms with Crippen LogP contribution in [0.4, 0.5) is 5.69 Å². The molecule has 0 radical (unpaired) electrons. The lowest BCUT2D eigenvalue weighted by molar-refractivity contribution is -0.142. The zero-order chi connectivity index (χ0) is 15.9. The highest BCUT2D eigenvalue weighted by Gasteiger charge is 2.10. The van der Waals surface area contributed by atoms with Gasteiger partial charge in [-0.05, 0) is 24.6 Å². The van der Waals surface area contributed by atoms with Gasteiger partial charge in [0.05, 0.1) is 4.90 Å². The quantitative estimate of drug-likeness (QED) is 0.636. The summed E-state index contributed by atoms with van der Waals surface area (Å²) in [5.74, 6) is -1.14. The van der Waals surface area contributed by atoms with Crippen molar-refractivity contribution < 1.29 is 22.7 Å². The third-order valence-corrected chi connectivity index (χ3v) is 3.49. The summed E-state index contributed by atoms with van der Waals surface area (Å²) < 4.78 is 27.5. The van der Waals surface area contributed by atoms with Gasteiger partial charge in [-0.25, -0.2) is 13.2 Å². The number of nitrogens with one attached hydrogen (secondary N) is 1. The number of allylic oxidation sites excluding steroid dienone is 1. The van der Waals surface area contributed by atoms with Crippen LogP contribution in [0.25, 0.3) is 0 Å². The first-order valence-corrected chi connectivity index (χ1v) is 8.15. The predicted molar refractivity (Wildman–Crippen MR) is 78.6 cm³/mol. The Bertz CT molecular complexity index is 649. The Morgan fingerprint density at radius 2 is 2.05 bits per heavy atom. The number of anilines is 1. The Morgan fingerprint density at radius 1 is 1.33 bits per heavy atom. The molecule has 0 aliphatic heterocycles. The summed E-state index contributed by atoms with van der Waals surface area (Å²) in [6.07, 6.45) is 4.64. The number of hydrogen-bond donors (Lipinski definition) is 1. The molecule has 0 spiro atoms. The smallest absolute Gasteiger partial charge is 0.330 e. The SMILES string of the molecule is CC/C=C/C(=O)OCC(=O)Nc1cccc(S(C)(=O)=O)c1. The van der Waals surface area contributed by atoms with E-state index in [-0.39, 0.29) is 4.90 Å². The topological polar surface area (TPSA) is 89.5 Å². The van der Waals surface area contributed by atoms with Crippen molar-refractivity contribution in [3.63, 3.8) is 0 Å². The fraction of sp³-hybridized carbons (Fsp3) is 0.286. The molecule has 0 saturated carbocycles. The first-order chi connectivity index (χ1) is 9.82. The number of hydrogen-bond acceptors (Lipinski definition) is 5. The van der Waals surface area contributed by atoms with Gasteiger partial charge in [0.25, 0.3) is 5.91 Å². The Labute approximate surface area is 123 Å². The lowest BCUT2D eigenvalue weighted by Gasteiger charge is -2.06. The van der Waals surface area contributed by atoms with E-state index in [4.69, 9.17) is 4.74 Å². The lowest BCUT2D eigenvalue weighted by Crippen LogP contribution is -2.20. The molecule has 114 valence electrons. The third-order valence-electron chi connectivity index (χ3n) is 2.38. The first kappa shape index (κ1) is 16.9. The first-order valence-electron chi connectivity index (χ1n) is 6.26. The lowest BCUT2D eigenvalue weighted by atomic mass is 10.3. The monoisotopic (exact) mass is 311 g/mol. The van der Waals surface area contributed by atoms with E-state index in [9.17, 15) is 18.0 Å². The number of amides is 1. The Morgan fingerprint density at radius 3 is 2.67 bits per heavy atom. The van der Waals surface area contributed by atoms with Crippen LogP contribution >= 0.6 is 0 Å². The zero-order valence-electron chi connectivity index (χ0n) is 11.8. The number of rotatable bonds is 6. The van der Waals surface area contributed by atoms with Crippen molar-refractivity contribution in [3.8, 4) is 0 Å². The minimum absolute atomic E-state index is 0.100. The van der Waals surface area contributed by atoms with Gasteiger partial charge in [0.1, 0.15) is 0 Å². The number of benzene rings is 1. The van der Waals surface area contributed by atoms with Gasteiger partial charge in [0.15, 0.2) is 16.4 Å². The molecule has 0 aliphatic carbocycles. The predicted octanol–water partition coefficient (Wildman–Crippen LogP) is 1.54. The van der Waals surface area contributed by atoms with Crippen molar-refractivity contribution in [2.45, 2.75) is 18.2 Å². The third kappa shape index (κ3) is 6.22. The maximum absolute atomic E-state index is 11.6. The molecule has 6 nitrogen and oxygen atoms in total. The molecule has 0 bridgehead atoms. The maximum Gasteiger partial charge on any atom is 0.330 e. The Hall–Kier alpha value is -2.15. The number of ether oxygens (including phenoxy) is 1. The van der Waals surface area contributed by atoms with Crippen LogP contribution in [-0.4, -0.2) is 33.2 Å². The molecule has 0 unspecified atom stereocenters. The molecule has 0 heterocycles. The highest BCUT2D eigenvalue weighted by molar-refractivity contribution is 7.90. The molecule has 0 atom stereocenters. The second-order valence-electron chi connectivity index (χ2n) is 4.27. The molecule has 1 amide bonds. The Balaban J connectivity index is 2.60. The largest absolute Gasteiger partial charge is 0.452 e. The number of carbonyl (C=O) groups excluding carboxylic acids is 2. The van der Waals surface area contributed by atoms with E-state index in [1.54, 1.807) is 12.1 Å². The highest BCUT2D eigenvalue weighted by Crippen LogP contribution is 2.15. The number of carbonyl (C=O) groups is 2. The molecule has 0 aliphatic rings. The zero-order valence-corrected chi connectivity index (χ0v) is 12.6. The van der Waals surface area contributed by atoms with Crippen molar-refractivity contribution in [2.24, 2.45) is 0 Å². The molecule has 21 heavy (non-hydrogen) atoms. The normalized spacial score (nSPS) is 11.3. The number of esters is 1. The summed E-state index contributed by atoms with van der Waals surface area (Å²) >= 11 is 0. The molecule has 1 N–H and O–H groups in total. The minimum Gasteiger partial charge on any atom is -0.452 e. The summed E-state index contributed by atoms with van der Waals surface area (Å²) in [7, 11) is -3.34. The van der Waals surface area contributed by atoms with Crippen molar-refractivity contribution in [3.05, 3.63) is 36.4 Å². The minimum atomic E-state index is -3.34. The molecule has 0 aromatic heterocycles. The van der Waals surface area contributed by atoms with Crippen LogP contribution in [0.2, 0.25) is 0 Å². The van der Waals surface area contributed by atoms with Crippen LogP contribution in [0.15, 0.2) is 41.3 Å². The van der Waals surface area contributed by atoms with Gasteiger partial charge in [0, 0.05) is 18.0 Å². The molecular weight excluding hydrogens is 294 g/mol. The van der Waals surface area contributed by atoms with Gasteiger partial charge in [-0.1, -0.05) is 19.1 Å².